The Morgan fingerprint density at radius 1 is 1.50 bits per heavy atom. The fourth-order valence-corrected chi connectivity index (χ4v) is 3.55. The summed E-state index contributed by atoms with van der Waals surface area (Å²) in [6, 6.07) is 6.11. The summed E-state index contributed by atoms with van der Waals surface area (Å²) in [5.74, 6) is 0.535. The van der Waals surface area contributed by atoms with Crippen molar-refractivity contribution >= 4 is 49.0 Å². The van der Waals surface area contributed by atoms with Crippen LogP contribution >= 0.6 is 38.9 Å². The molecule has 1 nitrogen and oxygen atoms in total. The van der Waals surface area contributed by atoms with Gasteiger partial charge in [-0.2, -0.15) is 0 Å². The van der Waals surface area contributed by atoms with Gasteiger partial charge < -0.3 is 4.74 Å². The van der Waals surface area contributed by atoms with Crippen LogP contribution in [0.15, 0.2) is 22.7 Å². The van der Waals surface area contributed by atoms with E-state index in [-0.39, 0.29) is 0 Å². The number of methoxy groups -OCH3 is 1. The maximum atomic E-state index is 5.86. The highest BCUT2D eigenvalue weighted by Crippen LogP contribution is 2.42. The average Bonchev–Trinajstić information content (AvgIpc) is 2.55. The first-order chi connectivity index (χ1) is 6.77. The van der Waals surface area contributed by atoms with Crippen LogP contribution in [0.3, 0.4) is 0 Å². The second-order valence-electron chi connectivity index (χ2n) is 2.84. The van der Waals surface area contributed by atoms with Crippen molar-refractivity contribution in [3.63, 3.8) is 0 Å². The minimum absolute atomic E-state index is 0.535. The minimum Gasteiger partial charge on any atom is -0.486 e. The lowest BCUT2D eigenvalue weighted by Crippen LogP contribution is -1.76. The molecular formula is C10H8BrClOS. The van der Waals surface area contributed by atoms with Crippen LogP contribution in [0.1, 0.15) is 5.56 Å². The van der Waals surface area contributed by atoms with Crippen molar-refractivity contribution in [1.29, 1.82) is 0 Å². The third-order valence-corrected chi connectivity index (χ3v) is 4.62. The SMILES string of the molecule is COc1sc2c(CCl)cccc2c1Br. The number of hydrogen-bond donors (Lipinski definition) is 0. The van der Waals surface area contributed by atoms with E-state index < -0.39 is 0 Å². The molecule has 2 rings (SSSR count). The molecule has 0 saturated carbocycles. The van der Waals surface area contributed by atoms with Crippen molar-refractivity contribution in [2.24, 2.45) is 0 Å². The number of fused-ring (bicyclic) bond motifs is 1. The van der Waals surface area contributed by atoms with E-state index in [1.54, 1.807) is 18.4 Å². The van der Waals surface area contributed by atoms with Crippen molar-refractivity contribution in [2.45, 2.75) is 5.88 Å². The lowest BCUT2D eigenvalue weighted by atomic mass is 10.2. The molecular weight excluding hydrogens is 284 g/mol. The first kappa shape index (κ1) is 10.3. The highest BCUT2D eigenvalue weighted by atomic mass is 79.9. The van der Waals surface area contributed by atoms with E-state index in [2.05, 4.69) is 22.0 Å². The third kappa shape index (κ3) is 1.53. The predicted octanol–water partition coefficient (Wildman–Crippen LogP) is 4.41. The van der Waals surface area contributed by atoms with Crippen LogP contribution in [0.2, 0.25) is 0 Å². The van der Waals surface area contributed by atoms with Crippen molar-refractivity contribution in [1.82, 2.24) is 0 Å². The maximum absolute atomic E-state index is 5.86. The van der Waals surface area contributed by atoms with E-state index in [1.807, 2.05) is 12.1 Å². The summed E-state index contributed by atoms with van der Waals surface area (Å²) in [5.41, 5.74) is 1.15. The van der Waals surface area contributed by atoms with E-state index in [0.717, 1.165) is 15.1 Å². The molecule has 0 unspecified atom stereocenters. The fraction of sp³-hybridized carbons (Fsp3) is 0.200. The minimum atomic E-state index is 0.535. The third-order valence-electron chi connectivity index (χ3n) is 2.04. The summed E-state index contributed by atoms with van der Waals surface area (Å²) in [5, 5.41) is 2.07. The molecule has 0 atom stereocenters. The van der Waals surface area contributed by atoms with Crippen LogP contribution in [0.5, 0.6) is 5.06 Å². The van der Waals surface area contributed by atoms with Crippen LogP contribution in [0.4, 0.5) is 0 Å². The molecule has 0 bridgehead atoms. The van der Waals surface area contributed by atoms with Gasteiger partial charge in [0.1, 0.15) is 0 Å². The van der Waals surface area contributed by atoms with Crippen LogP contribution in [-0.2, 0) is 5.88 Å². The standard InChI is InChI=1S/C10H8BrClOS/c1-13-10-8(11)7-4-2-3-6(5-12)9(7)14-10/h2-4H,5H2,1H3. The quantitative estimate of drug-likeness (QED) is 0.745. The molecule has 0 fully saturated rings. The van der Waals surface area contributed by atoms with Gasteiger partial charge >= 0.3 is 0 Å². The lowest BCUT2D eigenvalue weighted by Gasteiger charge is -1.95. The van der Waals surface area contributed by atoms with Crippen molar-refractivity contribution in [3.8, 4) is 5.06 Å². The van der Waals surface area contributed by atoms with E-state index in [4.69, 9.17) is 16.3 Å². The zero-order valence-corrected chi connectivity index (χ0v) is 10.7. The molecule has 0 radical (unpaired) electrons. The van der Waals surface area contributed by atoms with Gasteiger partial charge in [0.2, 0.25) is 0 Å². The second kappa shape index (κ2) is 4.09. The zero-order chi connectivity index (χ0) is 10.1. The van der Waals surface area contributed by atoms with Gasteiger partial charge in [-0.25, -0.2) is 0 Å². The summed E-state index contributed by atoms with van der Waals surface area (Å²) in [7, 11) is 1.68. The molecule has 74 valence electrons. The normalized spacial score (nSPS) is 10.8. The number of thiophene rings is 1. The number of rotatable bonds is 2. The van der Waals surface area contributed by atoms with Gasteiger partial charge in [0.25, 0.3) is 0 Å². The van der Waals surface area contributed by atoms with Gasteiger partial charge in [-0.05, 0) is 21.5 Å². The molecule has 0 spiro atoms. The molecule has 4 heteroatoms. The molecule has 0 aliphatic heterocycles. The van der Waals surface area contributed by atoms with Crippen LogP contribution < -0.4 is 4.74 Å². The molecule has 1 heterocycles. The summed E-state index contributed by atoms with van der Waals surface area (Å²) in [4.78, 5) is 0. The number of ether oxygens (including phenoxy) is 1. The van der Waals surface area contributed by atoms with Crippen molar-refractivity contribution in [3.05, 3.63) is 28.2 Å². The molecule has 0 N–H and O–H groups in total. The molecule has 0 amide bonds. The lowest BCUT2D eigenvalue weighted by molar-refractivity contribution is 0.425. The average molecular weight is 292 g/mol. The maximum Gasteiger partial charge on any atom is 0.189 e. The number of alkyl halides is 1. The zero-order valence-electron chi connectivity index (χ0n) is 7.51. The smallest absolute Gasteiger partial charge is 0.189 e. The van der Waals surface area contributed by atoms with Gasteiger partial charge in [0, 0.05) is 16.0 Å². The van der Waals surface area contributed by atoms with E-state index in [9.17, 15) is 0 Å². The Bertz CT molecular complexity index is 466. The fourth-order valence-electron chi connectivity index (χ4n) is 1.36. The highest BCUT2D eigenvalue weighted by Gasteiger charge is 2.11. The Balaban J connectivity index is 2.77. The Morgan fingerprint density at radius 2 is 2.29 bits per heavy atom. The van der Waals surface area contributed by atoms with Gasteiger partial charge in [-0.3, -0.25) is 0 Å². The first-order valence-electron chi connectivity index (χ1n) is 4.07. The number of halogens is 2. The van der Waals surface area contributed by atoms with Crippen LogP contribution in [-0.4, -0.2) is 7.11 Å². The van der Waals surface area contributed by atoms with Gasteiger partial charge in [-0.15, -0.1) is 11.6 Å². The van der Waals surface area contributed by atoms with Crippen LogP contribution in [0.25, 0.3) is 10.1 Å². The second-order valence-corrected chi connectivity index (χ2v) is 4.88. The summed E-state index contributed by atoms with van der Waals surface area (Å²) in [6.45, 7) is 0. The van der Waals surface area contributed by atoms with Crippen molar-refractivity contribution < 1.29 is 4.74 Å². The molecule has 0 aliphatic rings. The summed E-state index contributed by atoms with van der Waals surface area (Å²) < 4.78 is 7.48. The topological polar surface area (TPSA) is 9.23 Å². The van der Waals surface area contributed by atoms with E-state index in [1.165, 1.54) is 10.1 Å². The van der Waals surface area contributed by atoms with Gasteiger partial charge in [0.15, 0.2) is 5.06 Å². The Labute approximate surface area is 99.8 Å². The number of hydrogen-bond acceptors (Lipinski definition) is 2. The molecule has 1 aromatic heterocycles. The summed E-state index contributed by atoms with van der Waals surface area (Å²) >= 11 is 11.0. The monoisotopic (exact) mass is 290 g/mol. The van der Waals surface area contributed by atoms with Crippen molar-refractivity contribution in [2.75, 3.05) is 7.11 Å². The molecule has 2 aromatic rings. The Hall–Kier alpha value is -0.250. The van der Waals surface area contributed by atoms with Crippen LogP contribution in [0, 0.1) is 0 Å². The van der Waals surface area contributed by atoms with E-state index in [0.29, 0.717) is 5.88 Å². The Morgan fingerprint density at radius 3 is 2.93 bits per heavy atom. The first-order valence-corrected chi connectivity index (χ1v) is 6.22. The van der Waals surface area contributed by atoms with E-state index >= 15 is 0 Å². The summed E-state index contributed by atoms with van der Waals surface area (Å²) in [6.07, 6.45) is 0. The molecule has 1 aromatic carbocycles. The highest BCUT2D eigenvalue weighted by molar-refractivity contribution is 9.10. The molecule has 0 aliphatic carbocycles. The predicted molar refractivity (Wildman–Crippen MR) is 65.6 cm³/mol. The largest absolute Gasteiger partial charge is 0.486 e. The Kier molecular flexibility index (Phi) is 3.00. The van der Waals surface area contributed by atoms with Gasteiger partial charge in [-0.1, -0.05) is 29.5 Å². The number of benzene rings is 1. The molecule has 0 saturated heterocycles. The van der Waals surface area contributed by atoms with Gasteiger partial charge in [0.05, 0.1) is 11.6 Å². The molecule has 14 heavy (non-hydrogen) atoms.